The minimum atomic E-state index is -0.344. The topological polar surface area (TPSA) is 116 Å². The standard InChI is InChI=1S/C21H20N6O4/c1-29-17-8-13(9-18(30-2)20(17)31-3)15-10-16(26-25-15)21(28)24-14-4-5-19(23-11-14)27-7-6-22-12-27/h4-12H,1-3H3,(H,24,28)(H,25,26). The van der Waals surface area contributed by atoms with Gasteiger partial charge < -0.3 is 19.5 Å². The Hall–Kier alpha value is -4.34. The number of H-pyrrole nitrogens is 1. The van der Waals surface area contributed by atoms with Crippen molar-refractivity contribution in [1.29, 1.82) is 0 Å². The average molecular weight is 420 g/mol. The minimum Gasteiger partial charge on any atom is -0.493 e. The summed E-state index contributed by atoms with van der Waals surface area (Å²) in [6.07, 6.45) is 6.68. The molecule has 31 heavy (non-hydrogen) atoms. The van der Waals surface area contributed by atoms with Gasteiger partial charge in [0.2, 0.25) is 5.75 Å². The fourth-order valence-corrected chi connectivity index (χ4v) is 3.02. The number of hydrogen-bond acceptors (Lipinski definition) is 7. The molecule has 0 aliphatic carbocycles. The third-order valence-corrected chi connectivity index (χ3v) is 4.56. The molecule has 0 saturated carbocycles. The van der Waals surface area contributed by atoms with Crippen LogP contribution in [-0.2, 0) is 0 Å². The molecule has 0 bridgehead atoms. The lowest BCUT2D eigenvalue weighted by Crippen LogP contribution is -2.12. The van der Waals surface area contributed by atoms with Gasteiger partial charge >= 0.3 is 0 Å². The fraction of sp³-hybridized carbons (Fsp3) is 0.143. The quantitative estimate of drug-likeness (QED) is 0.472. The maximum Gasteiger partial charge on any atom is 0.273 e. The largest absolute Gasteiger partial charge is 0.493 e. The Labute approximate surface area is 177 Å². The maximum absolute atomic E-state index is 12.6. The number of imidazole rings is 1. The number of amides is 1. The van der Waals surface area contributed by atoms with E-state index in [1.54, 1.807) is 59.8 Å². The zero-order valence-electron chi connectivity index (χ0n) is 17.1. The van der Waals surface area contributed by atoms with Gasteiger partial charge in [-0.2, -0.15) is 5.10 Å². The predicted molar refractivity (Wildman–Crippen MR) is 113 cm³/mol. The molecule has 0 spiro atoms. The molecular formula is C21H20N6O4. The Bertz CT molecular complexity index is 1160. The van der Waals surface area contributed by atoms with Crippen LogP contribution in [0.3, 0.4) is 0 Å². The van der Waals surface area contributed by atoms with Crippen molar-refractivity contribution in [3.05, 3.63) is 60.9 Å². The lowest BCUT2D eigenvalue weighted by Gasteiger charge is -2.13. The molecule has 0 saturated heterocycles. The van der Waals surface area contributed by atoms with Crippen LogP contribution in [-0.4, -0.2) is 52.0 Å². The molecule has 3 aromatic heterocycles. The number of pyridine rings is 1. The number of benzene rings is 1. The maximum atomic E-state index is 12.6. The molecule has 3 heterocycles. The van der Waals surface area contributed by atoms with Gasteiger partial charge in [-0.1, -0.05) is 0 Å². The lowest BCUT2D eigenvalue weighted by molar-refractivity contribution is 0.102. The highest BCUT2D eigenvalue weighted by Crippen LogP contribution is 2.40. The zero-order valence-corrected chi connectivity index (χ0v) is 17.1. The molecule has 0 aliphatic heterocycles. The number of anilines is 1. The second-order valence-electron chi connectivity index (χ2n) is 6.41. The predicted octanol–water partition coefficient (Wildman–Crippen LogP) is 2.94. The van der Waals surface area contributed by atoms with Crippen LogP contribution >= 0.6 is 0 Å². The first-order valence-corrected chi connectivity index (χ1v) is 9.24. The summed E-state index contributed by atoms with van der Waals surface area (Å²) in [6, 6.07) is 8.71. The van der Waals surface area contributed by atoms with Gasteiger partial charge in [0.05, 0.1) is 38.9 Å². The highest BCUT2D eigenvalue weighted by molar-refractivity contribution is 6.03. The van der Waals surface area contributed by atoms with Crippen LogP contribution in [0.1, 0.15) is 10.5 Å². The second-order valence-corrected chi connectivity index (χ2v) is 6.41. The normalized spacial score (nSPS) is 10.5. The number of nitrogens with zero attached hydrogens (tertiary/aromatic N) is 4. The molecule has 1 aromatic carbocycles. The van der Waals surface area contributed by atoms with E-state index in [2.05, 4.69) is 25.5 Å². The van der Waals surface area contributed by atoms with Gasteiger partial charge in [0.1, 0.15) is 17.8 Å². The van der Waals surface area contributed by atoms with Crippen molar-refractivity contribution in [2.45, 2.75) is 0 Å². The average Bonchev–Trinajstić information content (AvgIpc) is 3.51. The number of nitrogens with one attached hydrogen (secondary N) is 2. The van der Waals surface area contributed by atoms with Crippen LogP contribution in [0.4, 0.5) is 5.69 Å². The van der Waals surface area contributed by atoms with Gasteiger partial charge in [-0.3, -0.25) is 14.5 Å². The van der Waals surface area contributed by atoms with Crippen LogP contribution in [0, 0.1) is 0 Å². The number of hydrogen-bond donors (Lipinski definition) is 2. The summed E-state index contributed by atoms with van der Waals surface area (Å²) in [6.45, 7) is 0. The van der Waals surface area contributed by atoms with E-state index in [0.717, 1.165) is 0 Å². The number of rotatable bonds is 7. The molecule has 0 unspecified atom stereocenters. The van der Waals surface area contributed by atoms with E-state index in [-0.39, 0.29) is 5.91 Å². The highest BCUT2D eigenvalue weighted by atomic mass is 16.5. The monoisotopic (exact) mass is 420 g/mol. The summed E-state index contributed by atoms with van der Waals surface area (Å²) in [7, 11) is 4.61. The molecule has 0 aliphatic rings. The first-order chi connectivity index (χ1) is 15.1. The van der Waals surface area contributed by atoms with E-state index >= 15 is 0 Å². The van der Waals surface area contributed by atoms with E-state index in [0.29, 0.717) is 45.7 Å². The number of aromatic nitrogens is 5. The molecule has 158 valence electrons. The molecule has 10 nitrogen and oxygen atoms in total. The van der Waals surface area contributed by atoms with E-state index in [1.165, 1.54) is 21.3 Å². The van der Waals surface area contributed by atoms with Crippen LogP contribution < -0.4 is 19.5 Å². The van der Waals surface area contributed by atoms with Crippen LogP contribution in [0.2, 0.25) is 0 Å². The molecular weight excluding hydrogens is 400 g/mol. The van der Waals surface area contributed by atoms with Crippen LogP contribution in [0.25, 0.3) is 17.1 Å². The molecule has 0 fully saturated rings. The van der Waals surface area contributed by atoms with Crippen molar-refractivity contribution in [2.24, 2.45) is 0 Å². The zero-order chi connectivity index (χ0) is 21.8. The molecule has 10 heteroatoms. The molecule has 1 amide bonds. The van der Waals surface area contributed by atoms with Crippen molar-refractivity contribution in [1.82, 2.24) is 24.7 Å². The number of aromatic amines is 1. The fourth-order valence-electron chi connectivity index (χ4n) is 3.02. The molecule has 4 aromatic rings. The highest BCUT2D eigenvalue weighted by Gasteiger charge is 2.17. The Balaban J connectivity index is 1.53. The first kappa shape index (κ1) is 20.0. The summed E-state index contributed by atoms with van der Waals surface area (Å²) in [4.78, 5) is 20.9. The van der Waals surface area contributed by atoms with Crippen molar-refractivity contribution in [3.8, 4) is 34.3 Å². The van der Waals surface area contributed by atoms with Gasteiger partial charge in [-0.25, -0.2) is 9.97 Å². The molecule has 2 N–H and O–H groups in total. The van der Waals surface area contributed by atoms with Gasteiger partial charge in [0.25, 0.3) is 5.91 Å². The van der Waals surface area contributed by atoms with Gasteiger partial charge in [0, 0.05) is 18.0 Å². The third kappa shape index (κ3) is 4.04. The second kappa shape index (κ2) is 8.57. The molecule has 0 radical (unpaired) electrons. The summed E-state index contributed by atoms with van der Waals surface area (Å²) in [5.74, 6) is 1.82. The number of carbonyl (C=O) groups is 1. The Morgan fingerprint density at radius 1 is 1.06 bits per heavy atom. The minimum absolute atomic E-state index is 0.294. The number of methoxy groups -OCH3 is 3. The summed E-state index contributed by atoms with van der Waals surface area (Å²) in [5.41, 5.74) is 2.11. The van der Waals surface area contributed by atoms with Crippen molar-refractivity contribution in [3.63, 3.8) is 0 Å². The number of carbonyl (C=O) groups excluding carboxylic acids is 1. The Morgan fingerprint density at radius 3 is 2.42 bits per heavy atom. The van der Waals surface area contributed by atoms with Gasteiger partial charge in [-0.05, 0) is 30.3 Å². The van der Waals surface area contributed by atoms with E-state index in [4.69, 9.17) is 14.2 Å². The van der Waals surface area contributed by atoms with Crippen molar-refractivity contribution < 1.29 is 19.0 Å². The SMILES string of the molecule is COc1cc(-c2cc(C(=O)Nc3ccc(-n4ccnc4)nc3)[nH]n2)cc(OC)c1OC. The van der Waals surface area contributed by atoms with E-state index < -0.39 is 0 Å². The molecule has 4 rings (SSSR count). The first-order valence-electron chi connectivity index (χ1n) is 9.24. The van der Waals surface area contributed by atoms with Gasteiger partial charge in [-0.15, -0.1) is 0 Å². The summed E-state index contributed by atoms with van der Waals surface area (Å²) >= 11 is 0. The van der Waals surface area contributed by atoms with Crippen molar-refractivity contribution in [2.75, 3.05) is 26.6 Å². The van der Waals surface area contributed by atoms with E-state index in [9.17, 15) is 4.79 Å². The van der Waals surface area contributed by atoms with Crippen LogP contribution in [0.5, 0.6) is 17.2 Å². The Morgan fingerprint density at radius 2 is 1.84 bits per heavy atom. The summed E-state index contributed by atoms with van der Waals surface area (Å²) in [5, 5.41) is 9.79. The number of ether oxygens (including phenoxy) is 3. The smallest absolute Gasteiger partial charge is 0.273 e. The third-order valence-electron chi connectivity index (χ3n) is 4.56. The van der Waals surface area contributed by atoms with Crippen LogP contribution in [0.15, 0.2) is 55.2 Å². The summed E-state index contributed by atoms with van der Waals surface area (Å²) < 4.78 is 17.9. The van der Waals surface area contributed by atoms with Crippen molar-refractivity contribution >= 4 is 11.6 Å². The lowest BCUT2D eigenvalue weighted by atomic mass is 10.1. The van der Waals surface area contributed by atoms with E-state index in [1.807, 2.05) is 0 Å². The Kier molecular flexibility index (Phi) is 5.52. The van der Waals surface area contributed by atoms with Gasteiger partial charge in [0.15, 0.2) is 11.5 Å². The molecule has 0 atom stereocenters.